The van der Waals surface area contributed by atoms with Gasteiger partial charge in [-0.1, -0.05) is 41.4 Å². The molecule has 0 amide bonds. The fourth-order valence-corrected chi connectivity index (χ4v) is 2.50. The Morgan fingerprint density at radius 2 is 2.10 bits per heavy atom. The third-order valence-electron chi connectivity index (χ3n) is 3.42. The van der Waals surface area contributed by atoms with Crippen molar-refractivity contribution < 1.29 is 9.13 Å². The maximum absolute atomic E-state index is 14.0. The van der Waals surface area contributed by atoms with Crippen LogP contribution in [0.2, 0.25) is 5.02 Å². The highest BCUT2D eigenvalue weighted by atomic mass is 35.5. The summed E-state index contributed by atoms with van der Waals surface area (Å²) in [4.78, 5) is 0. The van der Waals surface area contributed by atoms with Crippen LogP contribution in [0.1, 0.15) is 22.7 Å². The number of nitrogens with one attached hydrogen (secondary N) is 1. The van der Waals surface area contributed by atoms with Gasteiger partial charge < -0.3 is 4.74 Å². The molecule has 21 heavy (non-hydrogen) atoms. The van der Waals surface area contributed by atoms with E-state index in [1.807, 2.05) is 25.1 Å². The van der Waals surface area contributed by atoms with E-state index in [1.165, 1.54) is 6.07 Å². The SMILES string of the molecule is COc1ccc(C)cc1C(Cc1cccc(Cl)c1F)NN. The van der Waals surface area contributed by atoms with Crippen LogP contribution >= 0.6 is 11.6 Å². The minimum Gasteiger partial charge on any atom is -0.496 e. The highest BCUT2D eigenvalue weighted by Crippen LogP contribution is 2.30. The molecule has 0 saturated carbocycles. The zero-order valence-corrected chi connectivity index (χ0v) is 12.7. The monoisotopic (exact) mass is 308 g/mol. The number of hydrogen-bond acceptors (Lipinski definition) is 3. The van der Waals surface area contributed by atoms with Crippen LogP contribution in [-0.4, -0.2) is 7.11 Å². The number of aryl methyl sites for hydroxylation is 1. The van der Waals surface area contributed by atoms with Crippen LogP contribution in [0.4, 0.5) is 4.39 Å². The van der Waals surface area contributed by atoms with Crippen molar-refractivity contribution in [3.63, 3.8) is 0 Å². The summed E-state index contributed by atoms with van der Waals surface area (Å²) in [7, 11) is 1.60. The lowest BCUT2D eigenvalue weighted by molar-refractivity contribution is 0.398. The molecule has 2 aromatic carbocycles. The van der Waals surface area contributed by atoms with Crippen LogP contribution in [0.15, 0.2) is 36.4 Å². The van der Waals surface area contributed by atoms with Crippen LogP contribution in [0.25, 0.3) is 0 Å². The molecule has 0 aliphatic heterocycles. The average molecular weight is 309 g/mol. The summed E-state index contributed by atoms with van der Waals surface area (Å²) < 4.78 is 19.4. The largest absolute Gasteiger partial charge is 0.496 e. The molecular formula is C16H18ClFN2O. The van der Waals surface area contributed by atoms with Gasteiger partial charge >= 0.3 is 0 Å². The highest BCUT2D eigenvalue weighted by Gasteiger charge is 2.18. The van der Waals surface area contributed by atoms with Gasteiger partial charge in [-0.15, -0.1) is 0 Å². The Hall–Kier alpha value is -1.62. The quantitative estimate of drug-likeness (QED) is 0.656. The first-order chi connectivity index (χ1) is 10.1. The lowest BCUT2D eigenvalue weighted by atomic mass is 9.97. The Kier molecular flexibility index (Phi) is 5.17. The molecule has 2 rings (SSSR count). The van der Waals surface area contributed by atoms with Gasteiger partial charge in [0.15, 0.2) is 0 Å². The Morgan fingerprint density at radius 3 is 2.76 bits per heavy atom. The lowest BCUT2D eigenvalue weighted by Crippen LogP contribution is -2.30. The summed E-state index contributed by atoms with van der Waals surface area (Å²) in [5, 5.41) is 0.111. The molecule has 0 saturated heterocycles. The van der Waals surface area contributed by atoms with Gasteiger partial charge in [0, 0.05) is 5.56 Å². The fourth-order valence-electron chi connectivity index (χ4n) is 2.31. The molecule has 112 valence electrons. The highest BCUT2D eigenvalue weighted by molar-refractivity contribution is 6.30. The predicted molar refractivity (Wildman–Crippen MR) is 82.9 cm³/mol. The molecule has 0 bridgehead atoms. The molecule has 0 aliphatic rings. The van der Waals surface area contributed by atoms with E-state index >= 15 is 0 Å². The number of nitrogens with two attached hydrogens (primary N) is 1. The van der Waals surface area contributed by atoms with Crippen molar-refractivity contribution in [1.29, 1.82) is 0 Å². The van der Waals surface area contributed by atoms with E-state index in [9.17, 15) is 4.39 Å². The maximum atomic E-state index is 14.0. The summed E-state index contributed by atoms with van der Waals surface area (Å²) in [6, 6.07) is 10.5. The lowest BCUT2D eigenvalue weighted by Gasteiger charge is -2.20. The molecule has 1 unspecified atom stereocenters. The standard InChI is InChI=1S/C16H18ClFN2O/c1-10-6-7-15(21-2)12(8-10)14(20-19)9-11-4-3-5-13(17)16(11)18/h3-8,14,20H,9,19H2,1-2H3. The van der Waals surface area contributed by atoms with Crippen molar-refractivity contribution in [1.82, 2.24) is 5.43 Å². The van der Waals surface area contributed by atoms with Crippen LogP contribution in [0, 0.1) is 12.7 Å². The third kappa shape index (κ3) is 3.53. The zero-order valence-electron chi connectivity index (χ0n) is 12.0. The molecule has 0 aromatic heterocycles. The van der Waals surface area contributed by atoms with Gasteiger partial charge in [-0.05, 0) is 31.0 Å². The predicted octanol–water partition coefficient (Wildman–Crippen LogP) is 3.54. The zero-order chi connectivity index (χ0) is 15.4. The third-order valence-corrected chi connectivity index (χ3v) is 3.71. The van der Waals surface area contributed by atoms with E-state index in [-0.39, 0.29) is 11.1 Å². The Bertz CT molecular complexity index is 634. The molecule has 1 atom stereocenters. The minimum atomic E-state index is -0.411. The first-order valence-corrected chi connectivity index (χ1v) is 6.98. The van der Waals surface area contributed by atoms with E-state index in [4.69, 9.17) is 22.2 Å². The Labute approximate surface area is 128 Å². The topological polar surface area (TPSA) is 47.3 Å². The Morgan fingerprint density at radius 1 is 1.33 bits per heavy atom. The Balaban J connectivity index is 2.36. The van der Waals surface area contributed by atoms with E-state index in [0.29, 0.717) is 17.7 Å². The van der Waals surface area contributed by atoms with Crippen molar-refractivity contribution in [3.8, 4) is 5.75 Å². The molecule has 0 aliphatic carbocycles. The number of methoxy groups -OCH3 is 1. The fraction of sp³-hybridized carbons (Fsp3) is 0.250. The number of halogens is 2. The van der Waals surface area contributed by atoms with E-state index in [2.05, 4.69) is 5.43 Å². The molecule has 5 heteroatoms. The second kappa shape index (κ2) is 6.89. The first-order valence-electron chi connectivity index (χ1n) is 6.60. The van der Waals surface area contributed by atoms with Crippen molar-refractivity contribution in [3.05, 3.63) is 63.9 Å². The molecule has 0 radical (unpaired) electrons. The van der Waals surface area contributed by atoms with E-state index in [0.717, 1.165) is 11.1 Å². The van der Waals surface area contributed by atoms with E-state index in [1.54, 1.807) is 19.2 Å². The van der Waals surface area contributed by atoms with Gasteiger partial charge in [0.2, 0.25) is 0 Å². The summed E-state index contributed by atoms with van der Waals surface area (Å²) in [5.41, 5.74) is 5.20. The summed E-state index contributed by atoms with van der Waals surface area (Å²) in [6.45, 7) is 1.98. The number of ether oxygens (including phenoxy) is 1. The van der Waals surface area contributed by atoms with Crippen LogP contribution in [-0.2, 0) is 6.42 Å². The number of hydrazine groups is 1. The molecule has 0 heterocycles. The minimum absolute atomic E-state index is 0.111. The first kappa shape index (κ1) is 15.8. The molecule has 3 N–H and O–H groups in total. The van der Waals surface area contributed by atoms with Gasteiger partial charge in [-0.25, -0.2) is 4.39 Å². The molecular weight excluding hydrogens is 291 g/mol. The van der Waals surface area contributed by atoms with E-state index < -0.39 is 5.82 Å². The summed E-state index contributed by atoms with van der Waals surface area (Å²) >= 11 is 5.82. The maximum Gasteiger partial charge on any atom is 0.145 e. The smallest absolute Gasteiger partial charge is 0.145 e. The molecule has 0 fully saturated rings. The summed E-state index contributed by atoms with van der Waals surface area (Å²) in [6.07, 6.45) is 0.378. The second-order valence-corrected chi connectivity index (χ2v) is 5.29. The molecule has 2 aromatic rings. The van der Waals surface area contributed by atoms with Gasteiger partial charge in [0.05, 0.1) is 18.2 Å². The molecule has 0 spiro atoms. The average Bonchev–Trinajstić information content (AvgIpc) is 2.49. The van der Waals surface area contributed by atoms with Gasteiger partial charge in [0.1, 0.15) is 11.6 Å². The van der Waals surface area contributed by atoms with Crippen LogP contribution < -0.4 is 16.0 Å². The van der Waals surface area contributed by atoms with Crippen LogP contribution in [0.5, 0.6) is 5.75 Å². The van der Waals surface area contributed by atoms with Crippen molar-refractivity contribution in [2.24, 2.45) is 5.84 Å². The summed E-state index contributed by atoms with van der Waals surface area (Å²) in [5.74, 6) is 5.96. The molecule has 3 nitrogen and oxygen atoms in total. The normalized spacial score (nSPS) is 12.2. The van der Waals surface area contributed by atoms with Gasteiger partial charge in [-0.3, -0.25) is 11.3 Å². The van der Waals surface area contributed by atoms with Crippen molar-refractivity contribution >= 4 is 11.6 Å². The van der Waals surface area contributed by atoms with Gasteiger partial charge in [0.25, 0.3) is 0 Å². The van der Waals surface area contributed by atoms with Gasteiger partial charge in [-0.2, -0.15) is 0 Å². The van der Waals surface area contributed by atoms with Crippen LogP contribution in [0.3, 0.4) is 0 Å². The number of rotatable bonds is 5. The number of hydrogen-bond donors (Lipinski definition) is 2. The van der Waals surface area contributed by atoms with Crippen molar-refractivity contribution in [2.75, 3.05) is 7.11 Å². The number of benzene rings is 2. The van der Waals surface area contributed by atoms with Crippen molar-refractivity contribution in [2.45, 2.75) is 19.4 Å². The second-order valence-electron chi connectivity index (χ2n) is 4.88.